The van der Waals surface area contributed by atoms with Crippen molar-refractivity contribution in [2.24, 2.45) is 10.7 Å². The van der Waals surface area contributed by atoms with Gasteiger partial charge in [0.05, 0.1) is 6.33 Å². The van der Waals surface area contributed by atoms with E-state index in [0.717, 1.165) is 25.0 Å². The van der Waals surface area contributed by atoms with Crippen molar-refractivity contribution >= 4 is 12.0 Å². The van der Waals surface area contributed by atoms with E-state index in [1.54, 1.807) is 12.5 Å². The predicted molar refractivity (Wildman–Crippen MR) is 90.1 cm³/mol. The van der Waals surface area contributed by atoms with Gasteiger partial charge >= 0.3 is 6.03 Å². The summed E-state index contributed by atoms with van der Waals surface area (Å²) >= 11 is 0. The zero-order valence-electron chi connectivity index (χ0n) is 13.0. The number of aromatic amines is 1. The number of nitrogens with two attached hydrogens (primary N) is 1. The molecule has 7 heteroatoms. The van der Waals surface area contributed by atoms with Crippen molar-refractivity contribution in [3.05, 3.63) is 54.1 Å². The molecule has 122 valence electrons. The smallest absolute Gasteiger partial charge is 0.318 e. The van der Waals surface area contributed by atoms with Gasteiger partial charge in [-0.25, -0.2) is 9.78 Å². The topological polar surface area (TPSA) is 108 Å². The third kappa shape index (κ3) is 6.64. The lowest BCUT2D eigenvalue weighted by Crippen LogP contribution is -2.44. The maximum Gasteiger partial charge on any atom is 0.318 e. The van der Waals surface area contributed by atoms with Gasteiger partial charge in [0.1, 0.15) is 0 Å². The van der Waals surface area contributed by atoms with Gasteiger partial charge in [0.15, 0.2) is 5.96 Å². The molecule has 0 fully saturated rings. The number of hydrogen-bond donors (Lipinski definition) is 4. The Labute approximate surface area is 135 Å². The number of H-pyrrole nitrogens is 1. The average Bonchev–Trinajstić information content (AvgIpc) is 3.05. The second-order valence-electron chi connectivity index (χ2n) is 5.06. The highest BCUT2D eigenvalue weighted by atomic mass is 16.2. The van der Waals surface area contributed by atoms with Crippen LogP contribution >= 0.6 is 0 Å². The van der Waals surface area contributed by atoms with Crippen molar-refractivity contribution in [1.82, 2.24) is 20.6 Å². The molecule has 0 aliphatic carbocycles. The first kappa shape index (κ1) is 16.5. The van der Waals surface area contributed by atoms with Crippen LogP contribution in [0.4, 0.5) is 4.79 Å². The van der Waals surface area contributed by atoms with Crippen LogP contribution < -0.4 is 16.4 Å². The van der Waals surface area contributed by atoms with Crippen molar-refractivity contribution in [3.8, 4) is 0 Å². The molecule has 2 amide bonds. The molecule has 23 heavy (non-hydrogen) atoms. The highest BCUT2D eigenvalue weighted by Gasteiger charge is 2.02. The second-order valence-corrected chi connectivity index (χ2v) is 5.06. The van der Waals surface area contributed by atoms with Crippen molar-refractivity contribution in [3.63, 3.8) is 0 Å². The Balaban J connectivity index is 1.75. The lowest BCUT2D eigenvalue weighted by molar-refractivity contribution is 0.253. The van der Waals surface area contributed by atoms with Crippen LogP contribution in [0.15, 0.2) is 47.8 Å². The zero-order valence-corrected chi connectivity index (χ0v) is 13.0. The van der Waals surface area contributed by atoms with Gasteiger partial charge in [-0.2, -0.15) is 0 Å². The minimum absolute atomic E-state index is 0.407. The van der Waals surface area contributed by atoms with Gasteiger partial charge in [0.2, 0.25) is 0 Å². The highest BCUT2D eigenvalue weighted by Crippen LogP contribution is 2.02. The highest BCUT2D eigenvalue weighted by molar-refractivity contribution is 5.95. The molecular formula is C16H22N6O. The Morgan fingerprint density at radius 1 is 1.26 bits per heavy atom. The normalized spacial score (nSPS) is 11.2. The van der Waals surface area contributed by atoms with Crippen molar-refractivity contribution in [2.45, 2.75) is 19.3 Å². The van der Waals surface area contributed by atoms with Crippen LogP contribution in [-0.2, 0) is 12.8 Å². The minimum atomic E-state index is -0.624. The molecule has 2 rings (SSSR count). The van der Waals surface area contributed by atoms with E-state index in [4.69, 9.17) is 5.73 Å². The number of guanidine groups is 1. The number of imidazole rings is 1. The molecule has 0 saturated carbocycles. The number of primary amides is 1. The van der Waals surface area contributed by atoms with Crippen molar-refractivity contribution in [1.29, 1.82) is 0 Å². The molecule has 2 aromatic rings. The molecule has 0 atom stereocenters. The number of nitrogens with zero attached hydrogens (tertiary/aromatic N) is 2. The number of aliphatic imine (C=N–C) groups is 1. The van der Waals surface area contributed by atoms with Crippen LogP contribution in [0.25, 0.3) is 0 Å². The molecule has 1 aromatic heterocycles. The third-order valence-corrected chi connectivity index (χ3v) is 3.22. The number of benzene rings is 1. The molecular weight excluding hydrogens is 292 g/mol. The molecule has 0 aliphatic rings. The SMILES string of the molecule is NC(=O)NC(=NCCCc1ccccc1)NCCc1cnc[nH]1. The number of rotatable bonds is 7. The van der Waals surface area contributed by atoms with E-state index in [1.165, 1.54) is 5.56 Å². The number of carbonyl (C=O) groups excluding carboxylic acids is 1. The summed E-state index contributed by atoms with van der Waals surface area (Å²) in [5.41, 5.74) is 7.46. The van der Waals surface area contributed by atoms with E-state index in [-0.39, 0.29) is 0 Å². The molecule has 1 aromatic carbocycles. The Morgan fingerprint density at radius 3 is 2.78 bits per heavy atom. The summed E-state index contributed by atoms with van der Waals surface area (Å²) < 4.78 is 0. The van der Waals surface area contributed by atoms with Crippen molar-refractivity contribution < 1.29 is 4.79 Å². The van der Waals surface area contributed by atoms with E-state index in [2.05, 4.69) is 37.7 Å². The van der Waals surface area contributed by atoms with Crippen LogP contribution in [0.3, 0.4) is 0 Å². The monoisotopic (exact) mass is 314 g/mol. The summed E-state index contributed by atoms with van der Waals surface area (Å²) in [6.45, 7) is 1.24. The number of hydrogen-bond acceptors (Lipinski definition) is 3. The van der Waals surface area contributed by atoms with E-state index in [9.17, 15) is 4.79 Å². The number of aryl methyl sites for hydroxylation is 1. The quantitative estimate of drug-likeness (QED) is 0.350. The second kappa shape index (κ2) is 9.24. The lowest BCUT2D eigenvalue weighted by atomic mass is 10.1. The number of amides is 2. The molecule has 5 N–H and O–H groups in total. The van der Waals surface area contributed by atoms with Gasteiger partial charge in [-0.3, -0.25) is 10.3 Å². The summed E-state index contributed by atoms with van der Waals surface area (Å²) in [6.07, 6.45) is 6.00. The van der Waals surface area contributed by atoms with Crippen LogP contribution in [0.2, 0.25) is 0 Å². The maximum absolute atomic E-state index is 11.0. The standard InChI is InChI=1S/C16H22N6O/c17-15(23)22-16(20-10-8-14-11-18-12-21-14)19-9-4-7-13-5-2-1-3-6-13/h1-3,5-6,11-12H,4,7-10H2,(H,18,21)(H4,17,19,20,22,23). The largest absolute Gasteiger partial charge is 0.356 e. The van der Waals surface area contributed by atoms with E-state index < -0.39 is 6.03 Å². The minimum Gasteiger partial charge on any atom is -0.356 e. The summed E-state index contributed by atoms with van der Waals surface area (Å²) in [4.78, 5) is 22.4. The molecule has 0 unspecified atom stereocenters. The first-order chi connectivity index (χ1) is 11.2. The van der Waals surface area contributed by atoms with Gasteiger partial charge in [0, 0.05) is 31.4 Å². The molecule has 0 bridgehead atoms. The molecule has 0 saturated heterocycles. The predicted octanol–water partition coefficient (Wildman–Crippen LogP) is 1.20. The molecule has 7 nitrogen and oxygen atoms in total. The number of urea groups is 1. The first-order valence-electron chi connectivity index (χ1n) is 7.60. The van der Waals surface area contributed by atoms with Crippen LogP contribution in [0.5, 0.6) is 0 Å². The van der Waals surface area contributed by atoms with Crippen LogP contribution in [0, 0.1) is 0 Å². The average molecular weight is 314 g/mol. The van der Waals surface area contributed by atoms with Gasteiger partial charge in [-0.1, -0.05) is 30.3 Å². The van der Waals surface area contributed by atoms with Crippen LogP contribution in [-0.4, -0.2) is 35.0 Å². The Kier molecular flexibility index (Phi) is 6.65. The fraction of sp³-hybridized carbons (Fsp3) is 0.312. The van der Waals surface area contributed by atoms with E-state index >= 15 is 0 Å². The maximum atomic E-state index is 11.0. The Morgan fingerprint density at radius 2 is 2.09 bits per heavy atom. The Bertz CT molecular complexity index is 609. The van der Waals surface area contributed by atoms with Gasteiger partial charge in [-0.05, 0) is 18.4 Å². The van der Waals surface area contributed by atoms with E-state index in [1.807, 2.05) is 18.2 Å². The lowest BCUT2D eigenvalue weighted by Gasteiger charge is -2.09. The first-order valence-corrected chi connectivity index (χ1v) is 7.60. The van der Waals surface area contributed by atoms with Crippen LogP contribution in [0.1, 0.15) is 17.7 Å². The number of carbonyl (C=O) groups is 1. The summed E-state index contributed by atoms with van der Waals surface area (Å²) in [6, 6.07) is 9.61. The van der Waals surface area contributed by atoms with Gasteiger partial charge in [0.25, 0.3) is 0 Å². The zero-order chi connectivity index (χ0) is 16.3. The number of nitrogens with one attached hydrogen (secondary N) is 3. The molecule has 0 aliphatic heterocycles. The molecule has 0 radical (unpaired) electrons. The Hall–Kier alpha value is -2.83. The molecule has 1 heterocycles. The summed E-state index contributed by atoms with van der Waals surface area (Å²) in [5, 5.41) is 5.59. The summed E-state index contributed by atoms with van der Waals surface area (Å²) in [7, 11) is 0. The van der Waals surface area contributed by atoms with Gasteiger partial charge in [-0.15, -0.1) is 0 Å². The fourth-order valence-electron chi connectivity index (χ4n) is 2.11. The fourth-order valence-corrected chi connectivity index (χ4v) is 2.11. The van der Waals surface area contributed by atoms with Crippen molar-refractivity contribution in [2.75, 3.05) is 13.1 Å². The van der Waals surface area contributed by atoms with E-state index in [0.29, 0.717) is 19.0 Å². The van der Waals surface area contributed by atoms with Gasteiger partial charge < -0.3 is 16.0 Å². The third-order valence-electron chi connectivity index (χ3n) is 3.22. The summed E-state index contributed by atoms with van der Waals surface area (Å²) in [5.74, 6) is 0.407. The molecule has 0 spiro atoms. The number of aromatic nitrogens is 2.